The van der Waals surface area contributed by atoms with Crippen molar-refractivity contribution in [3.05, 3.63) is 65.5 Å². The van der Waals surface area contributed by atoms with Crippen LogP contribution in [0.3, 0.4) is 0 Å². The van der Waals surface area contributed by atoms with Crippen molar-refractivity contribution in [2.24, 2.45) is 11.7 Å². The molecule has 2 aliphatic rings. The van der Waals surface area contributed by atoms with E-state index in [9.17, 15) is 14.0 Å². The number of nitrogens with two attached hydrogens (primary N) is 1. The second-order valence-corrected chi connectivity index (χ2v) is 7.38. The standard InChI is InChI=1S/C21H21FN2O3/c1-21-12-16(15-7-2-3-8-17(15)27-21)18(19(23)25)20(26)24(21)10-9-13-5-4-6-14(22)11-13/h2-8,11,16,18H,9-10,12H2,1H3,(H2,23,25). The van der Waals surface area contributed by atoms with Gasteiger partial charge in [0.05, 0.1) is 0 Å². The van der Waals surface area contributed by atoms with Gasteiger partial charge in [-0.15, -0.1) is 0 Å². The number of nitrogens with zero attached hydrogens (tertiary/aromatic N) is 1. The zero-order valence-electron chi connectivity index (χ0n) is 15.0. The molecule has 2 N–H and O–H groups in total. The maximum Gasteiger partial charge on any atom is 0.238 e. The highest BCUT2D eigenvalue weighted by Crippen LogP contribution is 2.49. The quantitative estimate of drug-likeness (QED) is 0.843. The summed E-state index contributed by atoms with van der Waals surface area (Å²) in [7, 11) is 0. The van der Waals surface area contributed by atoms with Crippen molar-refractivity contribution in [1.29, 1.82) is 0 Å². The molecule has 2 amide bonds. The van der Waals surface area contributed by atoms with E-state index < -0.39 is 17.6 Å². The van der Waals surface area contributed by atoms with E-state index >= 15 is 0 Å². The molecule has 3 atom stereocenters. The van der Waals surface area contributed by atoms with Crippen LogP contribution >= 0.6 is 0 Å². The molecule has 3 unspecified atom stereocenters. The molecule has 1 fully saturated rings. The van der Waals surface area contributed by atoms with Gasteiger partial charge < -0.3 is 15.4 Å². The fourth-order valence-electron chi connectivity index (χ4n) is 4.31. The van der Waals surface area contributed by atoms with Gasteiger partial charge in [0, 0.05) is 18.9 Å². The van der Waals surface area contributed by atoms with E-state index in [4.69, 9.17) is 10.5 Å². The number of hydrogen-bond acceptors (Lipinski definition) is 3. The Balaban J connectivity index is 1.68. The number of likely N-dealkylation sites (tertiary alicyclic amines) is 1. The van der Waals surface area contributed by atoms with Crippen molar-refractivity contribution in [2.75, 3.05) is 6.54 Å². The molecule has 6 heteroatoms. The van der Waals surface area contributed by atoms with Gasteiger partial charge in [0.2, 0.25) is 11.8 Å². The van der Waals surface area contributed by atoms with Crippen LogP contribution in [0.25, 0.3) is 0 Å². The molecule has 1 saturated heterocycles. The monoisotopic (exact) mass is 368 g/mol. The van der Waals surface area contributed by atoms with E-state index in [2.05, 4.69) is 0 Å². The Morgan fingerprint density at radius 3 is 2.81 bits per heavy atom. The third kappa shape index (κ3) is 2.95. The lowest BCUT2D eigenvalue weighted by Crippen LogP contribution is -2.64. The predicted octanol–water partition coefficient (Wildman–Crippen LogP) is 2.59. The number of ether oxygens (including phenoxy) is 1. The number of primary amides is 1. The molecule has 2 heterocycles. The van der Waals surface area contributed by atoms with Gasteiger partial charge in [-0.05, 0) is 42.7 Å². The summed E-state index contributed by atoms with van der Waals surface area (Å²) in [4.78, 5) is 26.9. The van der Waals surface area contributed by atoms with Crippen LogP contribution in [-0.2, 0) is 16.0 Å². The molecular weight excluding hydrogens is 347 g/mol. The van der Waals surface area contributed by atoms with Gasteiger partial charge >= 0.3 is 0 Å². The fraction of sp³-hybridized carbons (Fsp3) is 0.333. The Kier molecular flexibility index (Phi) is 4.13. The second-order valence-electron chi connectivity index (χ2n) is 7.38. The lowest BCUT2D eigenvalue weighted by molar-refractivity contribution is -0.175. The molecule has 2 bridgehead atoms. The third-order valence-corrected chi connectivity index (χ3v) is 5.57. The minimum absolute atomic E-state index is 0.296. The predicted molar refractivity (Wildman–Crippen MR) is 97.3 cm³/mol. The summed E-state index contributed by atoms with van der Waals surface area (Å²) in [6.07, 6.45) is 0.951. The Bertz CT molecular complexity index is 916. The van der Waals surface area contributed by atoms with Crippen LogP contribution in [-0.4, -0.2) is 29.0 Å². The number of piperidine rings is 1. The number of benzene rings is 2. The van der Waals surface area contributed by atoms with Crippen LogP contribution in [0.5, 0.6) is 5.75 Å². The SMILES string of the molecule is CC12CC(c3ccccc3O1)C(C(N)=O)C(=O)N2CCc1cccc(F)c1. The molecule has 140 valence electrons. The van der Waals surface area contributed by atoms with Gasteiger partial charge in [-0.25, -0.2) is 4.39 Å². The molecule has 0 aliphatic carbocycles. The van der Waals surface area contributed by atoms with Crippen LogP contribution in [0, 0.1) is 11.7 Å². The molecule has 0 spiro atoms. The minimum atomic E-state index is -0.921. The Morgan fingerprint density at radius 2 is 2.07 bits per heavy atom. The first-order valence-electron chi connectivity index (χ1n) is 9.02. The first-order chi connectivity index (χ1) is 12.9. The van der Waals surface area contributed by atoms with Crippen molar-refractivity contribution >= 4 is 11.8 Å². The van der Waals surface area contributed by atoms with E-state index in [1.165, 1.54) is 12.1 Å². The molecule has 0 saturated carbocycles. The molecule has 0 aromatic heterocycles. The average molecular weight is 368 g/mol. The van der Waals surface area contributed by atoms with Gasteiger partial charge in [0.1, 0.15) is 17.5 Å². The zero-order valence-corrected chi connectivity index (χ0v) is 15.0. The second kappa shape index (κ2) is 6.37. The summed E-state index contributed by atoms with van der Waals surface area (Å²) in [5.41, 5.74) is 6.36. The highest BCUT2D eigenvalue weighted by Gasteiger charge is 2.55. The topological polar surface area (TPSA) is 72.6 Å². The molecule has 5 nitrogen and oxygen atoms in total. The van der Waals surface area contributed by atoms with Crippen LogP contribution in [0.2, 0.25) is 0 Å². The summed E-state index contributed by atoms with van der Waals surface area (Å²) in [5.74, 6) is -1.81. The van der Waals surface area contributed by atoms with Crippen LogP contribution < -0.4 is 10.5 Å². The summed E-state index contributed by atoms with van der Waals surface area (Å²) in [6, 6.07) is 13.7. The summed E-state index contributed by atoms with van der Waals surface area (Å²) >= 11 is 0. The van der Waals surface area contributed by atoms with Crippen molar-refractivity contribution in [3.8, 4) is 5.75 Å². The Hall–Kier alpha value is -2.89. The minimum Gasteiger partial charge on any atom is -0.468 e. The maximum atomic E-state index is 13.5. The normalized spacial score (nSPS) is 26.3. The van der Waals surface area contributed by atoms with Crippen molar-refractivity contribution in [1.82, 2.24) is 4.90 Å². The van der Waals surface area contributed by atoms with Gasteiger partial charge in [-0.3, -0.25) is 9.59 Å². The zero-order chi connectivity index (χ0) is 19.2. The highest BCUT2D eigenvalue weighted by atomic mass is 19.1. The Morgan fingerprint density at radius 1 is 1.30 bits per heavy atom. The number of carbonyl (C=O) groups is 2. The van der Waals surface area contributed by atoms with E-state index in [-0.39, 0.29) is 17.6 Å². The van der Waals surface area contributed by atoms with Gasteiger partial charge in [-0.2, -0.15) is 0 Å². The maximum absolute atomic E-state index is 13.5. The highest BCUT2D eigenvalue weighted by molar-refractivity contribution is 6.01. The van der Waals surface area contributed by atoms with Gasteiger partial charge in [-0.1, -0.05) is 30.3 Å². The number of fused-ring (bicyclic) bond motifs is 4. The number of hydrogen-bond donors (Lipinski definition) is 1. The van der Waals surface area contributed by atoms with Crippen LogP contribution in [0.15, 0.2) is 48.5 Å². The molecule has 2 aromatic rings. The molecule has 4 rings (SSSR count). The van der Waals surface area contributed by atoms with Crippen molar-refractivity contribution in [3.63, 3.8) is 0 Å². The number of para-hydroxylation sites is 1. The first-order valence-corrected chi connectivity index (χ1v) is 9.02. The number of carbonyl (C=O) groups excluding carboxylic acids is 2. The lowest BCUT2D eigenvalue weighted by atomic mass is 9.73. The van der Waals surface area contributed by atoms with E-state index in [1.807, 2.05) is 37.3 Å². The van der Waals surface area contributed by atoms with E-state index in [1.54, 1.807) is 11.0 Å². The molecular formula is C21H21FN2O3. The lowest BCUT2D eigenvalue weighted by Gasteiger charge is -2.52. The Labute approximate surface area is 156 Å². The average Bonchev–Trinajstić information content (AvgIpc) is 2.61. The molecule has 0 radical (unpaired) electrons. The summed E-state index contributed by atoms with van der Waals surface area (Å²) in [6.45, 7) is 2.17. The molecule has 27 heavy (non-hydrogen) atoms. The molecule has 2 aliphatic heterocycles. The third-order valence-electron chi connectivity index (χ3n) is 5.57. The number of amides is 2. The van der Waals surface area contributed by atoms with Gasteiger partial charge in [0.25, 0.3) is 0 Å². The fourth-order valence-corrected chi connectivity index (χ4v) is 4.31. The summed E-state index contributed by atoms with van der Waals surface area (Å²) in [5, 5.41) is 0. The number of halogens is 1. The largest absolute Gasteiger partial charge is 0.468 e. The van der Waals surface area contributed by atoms with Crippen LogP contribution in [0.1, 0.15) is 30.4 Å². The first kappa shape index (κ1) is 17.5. The smallest absolute Gasteiger partial charge is 0.238 e. The van der Waals surface area contributed by atoms with Crippen molar-refractivity contribution < 1.29 is 18.7 Å². The van der Waals surface area contributed by atoms with Crippen LogP contribution in [0.4, 0.5) is 4.39 Å². The van der Waals surface area contributed by atoms with Gasteiger partial charge in [0.15, 0.2) is 5.72 Å². The van der Waals surface area contributed by atoms with Crippen molar-refractivity contribution in [2.45, 2.75) is 31.4 Å². The van der Waals surface area contributed by atoms with E-state index in [0.717, 1.165) is 11.1 Å². The molecule has 2 aromatic carbocycles. The van der Waals surface area contributed by atoms with E-state index in [0.29, 0.717) is 25.1 Å². The number of rotatable bonds is 4. The summed E-state index contributed by atoms with van der Waals surface area (Å²) < 4.78 is 19.6.